The van der Waals surface area contributed by atoms with E-state index in [1.54, 1.807) is 0 Å². The van der Waals surface area contributed by atoms with Crippen LogP contribution in [-0.2, 0) is 11.0 Å². The van der Waals surface area contributed by atoms with Gasteiger partial charge in [0.2, 0.25) is 5.91 Å². The van der Waals surface area contributed by atoms with Crippen molar-refractivity contribution in [1.29, 1.82) is 0 Å². The van der Waals surface area contributed by atoms with E-state index in [-0.39, 0.29) is 18.0 Å². The maximum atomic E-state index is 12.4. The highest BCUT2D eigenvalue weighted by molar-refractivity contribution is 5.96. The van der Waals surface area contributed by atoms with Gasteiger partial charge in [-0.15, -0.1) is 0 Å². The predicted octanol–water partition coefficient (Wildman–Crippen LogP) is 1.50. The number of nitrogens with one attached hydrogen (secondary N) is 2. The van der Waals surface area contributed by atoms with E-state index in [1.807, 2.05) is 19.0 Å². The average molecular weight is 331 g/mol. The summed E-state index contributed by atoms with van der Waals surface area (Å²) >= 11 is 0. The lowest BCUT2D eigenvalue weighted by molar-refractivity contribution is -0.137. The molecule has 1 rings (SSSR count). The number of rotatable bonds is 7. The van der Waals surface area contributed by atoms with Crippen molar-refractivity contribution in [2.45, 2.75) is 12.6 Å². The minimum absolute atomic E-state index is 0.0680. The largest absolute Gasteiger partial charge is 0.416 e. The SMILES string of the molecule is CN(C)CCCNC(=O)CNC(=O)c1ccc(C(F)(F)F)cc1. The fraction of sp³-hybridized carbons (Fsp3) is 0.467. The zero-order chi connectivity index (χ0) is 17.5. The van der Waals surface area contributed by atoms with E-state index < -0.39 is 17.6 Å². The van der Waals surface area contributed by atoms with Crippen LogP contribution in [0.15, 0.2) is 24.3 Å². The molecule has 0 saturated carbocycles. The summed E-state index contributed by atoms with van der Waals surface area (Å²) in [6, 6.07) is 3.81. The molecular weight excluding hydrogens is 311 g/mol. The molecule has 0 heterocycles. The molecule has 2 N–H and O–H groups in total. The molecule has 23 heavy (non-hydrogen) atoms. The molecule has 1 aromatic carbocycles. The van der Waals surface area contributed by atoms with Gasteiger partial charge < -0.3 is 15.5 Å². The molecule has 0 fully saturated rings. The van der Waals surface area contributed by atoms with Gasteiger partial charge in [-0.1, -0.05) is 0 Å². The van der Waals surface area contributed by atoms with Crippen LogP contribution >= 0.6 is 0 Å². The van der Waals surface area contributed by atoms with Gasteiger partial charge in [0.15, 0.2) is 0 Å². The van der Waals surface area contributed by atoms with Crippen LogP contribution in [-0.4, -0.2) is 50.4 Å². The number of nitrogens with zero attached hydrogens (tertiary/aromatic N) is 1. The van der Waals surface area contributed by atoms with Crippen LogP contribution in [0.25, 0.3) is 0 Å². The fourth-order valence-corrected chi connectivity index (χ4v) is 1.76. The number of alkyl halides is 3. The van der Waals surface area contributed by atoms with Crippen LogP contribution in [0.1, 0.15) is 22.3 Å². The summed E-state index contributed by atoms with van der Waals surface area (Å²) in [7, 11) is 3.85. The molecule has 2 amide bonds. The average Bonchev–Trinajstić information content (AvgIpc) is 2.48. The molecule has 0 aromatic heterocycles. The van der Waals surface area contributed by atoms with Crippen LogP contribution < -0.4 is 10.6 Å². The van der Waals surface area contributed by atoms with Crippen LogP contribution in [0, 0.1) is 0 Å². The first-order valence-electron chi connectivity index (χ1n) is 7.07. The first kappa shape index (κ1) is 19.0. The smallest absolute Gasteiger partial charge is 0.355 e. The number of halogens is 3. The lowest BCUT2D eigenvalue weighted by Crippen LogP contribution is -2.37. The molecule has 8 heteroatoms. The van der Waals surface area contributed by atoms with Crippen molar-refractivity contribution in [2.75, 3.05) is 33.7 Å². The number of carbonyl (C=O) groups excluding carboxylic acids is 2. The van der Waals surface area contributed by atoms with Crippen molar-refractivity contribution < 1.29 is 22.8 Å². The van der Waals surface area contributed by atoms with E-state index in [2.05, 4.69) is 10.6 Å². The summed E-state index contributed by atoms with van der Waals surface area (Å²) in [5.74, 6) is -0.939. The molecule has 0 atom stereocenters. The molecule has 0 bridgehead atoms. The van der Waals surface area contributed by atoms with E-state index in [0.717, 1.165) is 37.2 Å². The zero-order valence-corrected chi connectivity index (χ0v) is 13.0. The summed E-state index contributed by atoms with van der Waals surface area (Å²) in [5.41, 5.74) is -0.758. The highest BCUT2D eigenvalue weighted by atomic mass is 19.4. The second-order valence-corrected chi connectivity index (χ2v) is 5.26. The summed E-state index contributed by atoms with van der Waals surface area (Å²) in [4.78, 5) is 25.3. The topological polar surface area (TPSA) is 61.4 Å². The maximum absolute atomic E-state index is 12.4. The Labute approximate surface area is 132 Å². The van der Waals surface area contributed by atoms with Gasteiger partial charge in [0.05, 0.1) is 12.1 Å². The first-order valence-corrected chi connectivity index (χ1v) is 7.07. The number of hydrogen-bond donors (Lipinski definition) is 2. The van der Waals surface area contributed by atoms with E-state index in [9.17, 15) is 22.8 Å². The van der Waals surface area contributed by atoms with Gasteiger partial charge >= 0.3 is 6.18 Å². The van der Waals surface area contributed by atoms with Crippen LogP contribution in [0.5, 0.6) is 0 Å². The minimum Gasteiger partial charge on any atom is -0.355 e. The molecule has 0 unspecified atom stereocenters. The van der Waals surface area contributed by atoms with Crippen molar-refractivity contribution >= 4 is 11.8 Å². The molecule has 0 aliphatic rings. The number of amides is 2. The molecule has 0 radical (unpaired) electrons. The molecule has 0 spiro atoms. The van der Waals surface area contributed by atoms with E-state index in [0.29, 0.717) is 6.54 Å². The first-order chi connectivity index (χ1) is 10.7. The van der Waals surface area contributed by atoms with Crippen LogP contribution in [0.3, 0.4) is 0 Å². The number of carbonyl (C=O) groups is 2. The van der Waals surface area contributed by atoms with Crippen molar-refractivity contribution in [3.05, 3.63) is 35.4 Å². The standard InChI is InChI=1S/C15H20F3N3O2/c1-21(2)9-3-8-19-13(22)10-20-14(23)11-4-6-12(7-5-11)15(16,17)18/h4-7H,3,8-10H2,1-2H3,(H,19,22)(H,20,23). The Kier molecular flexibility index (Phi) is 7.02. The summed E-state index contributed by atoms with van der Waals surface area (Å²) < 4.78 is 37.2. The van der Waals surface area contributed by atoms with Crippen molar-refractivity contribution in [3.8, 4) is 0 Å². The van der Waals surface area contributed by atoms with E-state index in [1.165, 1.54) is 0 Å². The highest BCUT2D eigenvalue weighted by Gasteiger charge is 2.30. The molecule has 1 aromatic rings. The quantitative estimate of drug-likeness (QED) is 0.745. The summed E-state index contributed by atoms with van der Waals surface area (Å²) in [6.45, 7) is 1.10. The van der Waals surface area contributed by atoms with Gasteiger partial charge in [0, 0.05) is 12.1 Å². The second kappa shape index (κ2) is 8.52. The van der Waals surface area contributed by atoms with Gasteiger partial charge in [-0.05, 0) is 51.3 Å². The second-order valence-electron chi connectivity index (χ2n) is 5.26. The zero-order valence-electron chi connectivity index (χ0n) is 13.0. The molecule has 128 valence electrons. The van der Waals surface area contributed by atoms with Crippen molar-refractivity contribution in [3.63, 3.8) is 0 Å². The van der Waals surface area contributed by atoms with Crippen molar-refractivity contribution in [2.24, 2.45) is 0 Å². The van der Waals surface area contributed by atoms with Crippen LogP contribution in [0.2, 0.25) is 0 Å². The van der Waals surface area contributed by atoms with Crippen LogP contribution in [0.4, 0.5) is 13.2 Å². The lowest BCUT2D eigenvalue weighted by Gasteiger charge is -2.10. The fourth-order valence-electron chi connectivity index (χ4n) is 1.76. The van der Waals surface area contributed by atoms with Gasteiger partial charge in [0.1, 0.15) is 0 Å². The van der Waals surface area contributed by atoms with Crippen molar-refractivity contribution in [1.82, 2.24) is 15.5 Å². The number of benzene rings is 1. The molecular formula is C15H20F3N3O2. The lowest BCUT2D eigenvalue weighted by atomic mass is 10.1. The minimum atomic E-state index is -4.44. The Morgan fingerprint density at radius 3 is 2.22 bits per heavy atom. The monoisotopic (exact) mass is 331 g/mol. The summed E-state index contributed by atoms with van der Waals surface area (Å²) in [5, 5.41) is 5.01. The number of hydrogen-bond acceptors (Lipinski definition) is 3. The Morgan fingerprint density at radius 2 is 1.70 bits per heavy atom. The third kappa shape index (κ3) is 7.14. The molecule has 5 nitrogen and oxygen atoms in total. The third-order valence-corrected chi connectivity index (χ3v) is 2.99. The van der Waals surface area contributed by atoms with Gasteiger partial charge in [-0.25, -0.2) is 0 Å². The van der Waals surface area contributed by atoms with E-state index >= 15 is 0 Å². The Hall–Kier alpha value is -2.09. The summed E-state index contributed by atoms with van der Waals surface area (Å²) in [6.07, 6.45) is -3.66. The highest BCUT2D eigenvalue weighted by Crippen LogP contribution is 2.28. The Balaban J connectivity index is 2.37. The molecule has 0 saturated heterocycles. The normalized spacial score (nSPS) is 11.4. The third-order valence-electron chi connectivity index (χ3n) is 2.99. The van der Waals surface area contributed by atoms with Gasteiger partial charge in [0.25, 0.3) is 5.91 Å². The van der Waals surface area contributed by atoms with Gasteiger partial charge in [-0.2, -0.15) is 13.2 Å². The van der Waals surface area contributed by atoms with E-state index in [4.69, 9.17) is 0 Å². The molecule has 0 aliphatic heterocycles. The Bertz CT molecular complexity index is 528. The van der Waals surface area contributed by atoms with Gasteiger partial charge in [-0.3, -0.25) is 9.59 Å². The molecule has 0 aliphatic carbocycles. The predicted molar refractivity (Wildman–Crippen MR) is 80.0 cm³/mol. The maximum Gasteiger partial charge on any atom is 0.416 e. The Morgan fingerprint density at radius 1 is 1.09 bits per heavy atom.